The van der Waals surface area contributed by atoms with E-state index in [4.69, 9.17) is 0 Å². The van der Waals surface area contributed by atoms with Gasteiger partial charge >= 0.3 is 0 Å². The summed E-state index contributed by atoms with van der Waals surface area (Å²) < 4.78 is 0. The molecule has 1 unspecified atom stereocenters. The second-order valence-electron chi connectivity index (χ2n) is 5.80. The lowest BCUT2D eigenvalue weighted by atomic mass is 9.75. The molecule has 1 saturated heterocycles. The van der Waals surface area contributed by atoms with Crippen LogP contribution in [0.2, 0.25) is 0 Å². The fourth-order valence-corrected chi connectivity index (χ4v) is 3.58. The average Bonchev–Trinajstić information content (AvgIpc) is 2.41. The monoisotopic (exact) mass is 195 g/mol. The first-order valence-electron chi connectivity index (χ1n) is 6.45. The maximum Gasteiger partial charge on any atom is 0.0156 e. The van der Waals surface area contributed by atoms with Gasteiger partial charge in [0.2, 0.25) is 0 Å². The van der Waals surface area contributed by atoms with Gasteiger partial charge in [0.05, 0.1) is 0 Å². The van der Waals surface area contributed by atoms with Gasteiger partial charge < -0.3 is 5.32 Å². The Morgan fingerprint density at radius 1 is 0.929 bits per heavy atom. The largest absolute Gasteiger partial charge is 0.311 e. The van der Waals surface area contributed by atoms with Crippen molar-refractivity contribution in [1.82, 2.24) is 5.32 Å². The Balaban J connectivity index is 1.98. The van der Waals surface area contributed by atoms with E-state index in [2.05, 4.69) is 19.2 Å². The molecule has 82 valence electrons. The van der Waals surface area contributed by atoms with Crippen LogP contribution in [0.25, 0.3) is 0 Å². The minimum atomic E-state index is 0.412. The van der Waals surface area contributed by atoms with E-state index in [1.54, 1.807) is 0 Å². The third kappa shape index (κ3) is 2.13. The highest BCUT2D eigenvalue weighted by Crippen LogP contribution is 2.39. The van der Waals surface area contributed by atoms with Crippen LogP contribution in [-0.4, -0.2) is 12.1 Å². The quantitative estimate of drug-likeness (QED) is 0.633. The SMILES string of the molecule is CC1(C)NCCC1C1CCCCCC1. The molecule has 2 aliphatic rings. The molecule has 2 rings (SSSR count). The molecule has 1 heteroatoms. The zero-order valence-electron chi connectivity index (χ0n) is 9.81. The molecule has 1 aliphatic carbocycles. The lowest BCUT2D eigenvalue weighted by Crippen LogP contribution is -2.41. The molecule has 1 N–H and O–H groups in total. The van der Waals surface area contributed by atoms with Crippen molar-refractivity contribution < 1.29 is 0 Å². The van der Waals surface area contributed by atoms with Crippen LogP contribution >= 0.6 is 0 Å². The predicted octanol–water partition coefficient (Wildman–Crippen LogP) is 3.34. The maximum absolute atomic E-state index is 3.66. The van der Waals surface area contributed by atoms with Crippen molar-refractivity contribution in [2.45, 2.75) is 64.3 Å². The second kappa shape index (κ2) is 4.22. The van der Waals surface area contributed by atoms with Gasteiger partial charge in [0.25, 0.3) is 0 Å². The van der Waals surface area contributed by atoms with Gasteiger partial charge in [-0.15, -0.1) is 0 Å². The third-order valence-electron chi connectivity index (χ3n) is 4.43. The Bertz CT molecular complexity index is 178. The topological polar surface area (TPSA) is 12.0 Å². The molecule has 0 radical (unpaired) electrons. The van der Waals surface area contributed by atoms with Crippen molar-refractivity contribution in [3.05, 3.63) is 0 Å². The molecule has 2 fully saturated rings. The summed E-state index contributed by atoms with van der Waals surface area (Å²) in [6.45, 7) is 6.04. The van der Waals surface area contributed by atoms with Gasteiger partial charge in [0, 0.05) is 5.54 Å². The van der Waals surface area contributed by atoms with Crippen LogP contribution in [0.5, 0.6) is 0 Å². The van der Waals surface area contributed by atoms with Gasteiger partial charge in [0.1, 0.15) is 0 Å². The lowest BCUT2D eigenvalue weighted by molar-refractivity contribution is 0.213. The van der Waals surface area contributed by atoms with E-state index in [9.17, 15) is 0 Å². The molecular formula is C13H25N. The highest BCUT2D eigenvalue weighted by atomic mass is 15.0. The van der Waals surface area contributed by atoms with E-state index in [0.29, 0.717) is 5.54 Å². The van der Waals surface area contributed by atoms with Crippen LogP contribution in [-0.2, 0) is 0 Å². The summed E-state index contributed by atoms with van der Waals surface area (Å²) in [4.78, 5) is 0. The molecular weight excluding hydrogens is 170 g/mol. The van der Waals surface area contributed by atoms with E-state index >= 15 is 0 Å². The van der Waals surface area contributed by atoms with E-state index in [1.807, 2.05) is 0 Å². The third-order valence-corrected chi connectivity index (χ3v) is 4.43. The van der Waals surface area contributed by atoms with Crippen molar-refractivity contribution in [2.75, 3.05) is 6.54 Å². The first-order valence-corrected chi connectivity index (χ1v) is 6.45. The van der Waals surface area contributed by atoms with Crippen molar-refractivity contribution in [3.63, 3.8) is 0 Å². The van der Waals surface area contributed by atoms with E-state index in [-0.39, 0.29) is 0 Å². The number of hydrogen-bond acceptors (Lipinski definition) is 1. The first-order chi connectivity index (χ1) is 6.70. The van der Waals surface area contributed by atoms with Crippen molar-refractivity contribution in [3.8, 4) is 0 Å². The molecule has 1 saturated carbocycles. The Hall–Kier alpha value is -0.0400. The highest BCUT2D eigenvalue weighted by Gasteiger charge is 2.38. The van der Waals surface area contributed by atoms with Gasteiger partial charge in [-0.05, 0) is 38.6 Å². The van der Waals surface area contributed by atoms with Crippen molar-refractivity contribution >= 4 is 0 Å². The fourth-order valence-electron chi connectivity index (χ4n) is 3.58. The lowest BCUT2D eigenvalue weighted by Gasteiger charge is -2.33. The summed E-state index contributed by atoms with van der Waals surface area (Å²) in [6.07, 6.45) is 10.3. The Morgan fingerprint density at radius 3 is 2.07 bits per heavy atom. The smallest absolute Gasteiger partial charge is 0.0156 e. The van der Waals surface area contributed by atoms with E-state index in [0.717, 1.165) is 11.8 Å². The maximum atomic E-state index is 3.66. The Morgan fingerprint density at radius 2 is 1.57 bits per heavy atom. The fraction of sp³-hybridized carbons (Fsp3) is 1.00. The summed E-state index contributed by atoms with van der Waals surface area (Å²) >= 11 is 0. The predicted molar refractivity (Wildman–Crippen MR) is 61.4 cm³/mol. The molecule has 1 nitrogen and oxygen atoms in total. The van der Waals surface area contributed by atoms with Crippen LogP contribution < -0.4 is 5.32 Å². The van der Waals surface area contributed by atoms with Gasteiger partial charge in [0.15, 0.2) is 0 Å². The minimum absolute atomic E-state index is 0.412. The van der Waals surface area contributed by atoms with Crippen LogP contribution in [0, 0.1) is 11.8 Å². The van der Waals surface area contributed by atoms with Crippen LogP contribution in [0.1, 0.15) is 58.8 Å². The summed E-state index contributed by atoms with van der Waals surface area (Å²) in [5, 5.41) is 3.66. The first kappa shape index (κ1) is 10.5. The van der Waals surface area contributed by atoms with Crippen LogP contribution in [0.4, 0.5) is 0 Å². The second-order valence-corrected chi connectivity index (χ2v) is 5.80. The average molecular weight is 195 g/mol. The van der Waals surface area contributed by atoms with Crippen molar-refractivity contribution in [2.24, 2.45) is 11.8 Å². The normalized spacial score (nSPS) is 34.3. The molecule has 0 aromatic rings. The van der Waals surface area contributed by atoms with E-state index < -0.39 is 0 Å². The van der Waals surface area contributed by atoms with Crippen LogP contribution in [0.3, 0.4) is 0 Å². The molecule has 1 atom stereocenters. The standard InChI is InChI=1S/C13H25N/c1-13(2)12(9-10-14-13)11-7-5-3-4-6-8-11/h11-12,14H,3-10H2,1-2H3. The molecule has 0 spiro atoms. The molecule has 0 bridgehead atoms. The van der Waals surface area contributed by atoms with Gasteiger partial charge in [-0.25, -0.2) is 0 Å². The summed E-state index contributed by atoms with van der Waals surface area (Å²) in [6, 6.07) is 0. The molecule has 1 aliphatic heterocycles. The number of rotatable bonds is 1. The Kier molecular flexibility index (Phi) is 3.16. The Labute approximate surface area is 88.7 Å². The molecule has 0 amide bonds. The zero-order valence-corrected chi connectivity index (χ0v) is 9.81. The van der Waals surface area contributed by atoms with E-state index in [1.165, 1.54) is 51.5 Å². The number of nitrogens with one attached hydrogen (secondary N) is 1. The zero-order chi connectivity index (χ0) is 10.0. The summed E-state index contributed by atoms with van der Waals surface area (Å²) in [7, 11) is 0. The highest BCUT2D eigenvalue weighted by molar-refractivity contribution is 4.95. The number of hydrogen-bond donors (Lipinski definition) is 1. The minimum Gasteiger partial charge on any atom is -0.311 e. The van der Waals surface area contributed by atoms with Crippen LogP contribution in [0.15, 0.2) is 0 Å². The summed E-state index contributed by atoms with van der Waals surface area (Å²) in [5.41, 5.74) is 0.412. The molecule has 0 aromatic carbocycles. The molecule has 14 heavy (non-hydrogen) atoms. The molecule has 1 heterocycles. The van der Waals surface area contributed by atoms with Gasteiger partial charge in [-0.3, -0.25) is 0 Å². The molecule has 0 aromatic heterocycles. The summed E-state index contributed by atoms with van der Waals surface area (Å²) in [5.74, 6) is 1.96. The van der Waals surface area contributed by atoms with Crippen molar-refractivity contribution in [1.29, 1.82) is 0 Å². The van der Waals surface area contributed by atoms with Gasteiger partial charge in [-0.1, -0.05) is 38.5 Å². The van der Waals surface area contributed by atoms with Gasteiger partial charge in [-0.2, -0.15) is 0 Å².